The number of ether oxygens (including phenoxy) is 2. The molecule has 1 amide bonds. The summed E-state index contributed by atoms with van der Waals surface area (Å²) in [6, 6.07) is -1.51. The fourth-order valence-corrected chi connectivity index (χ4v) is 4.63. The van der Waals surface area contributed by atoms with Crippen LogP contribution in [0.3, 0.4) is 0 Å². The van der Waals surface area contributed by atoms with Crippen LogP contribution in [0.15, 0.2) is 0 Å². The van der Waals surface area contributed by atoms with Crippen LogP contribution < -0.4 is 5.32 Å². The van der Waals surface area contributed by atoms with E-state index in [4.69, 9.17) is 23.6 Å². The Hall–Kier alpha value is -1.27. The number of hydrogen-bond donors (Lipinski definition) is 9. The highest BCUT2D eigenvalue weighted by molar-refractivity contribution is 7.47. The van der Waals surface area contributed by atoms with E-state index in [9.17, 15) is 49.7 Å². The third kappa shape index (κ3) is 6.48. The molecule has 0 aromatic heterocycles. The van der Waals surface area contributed by atoms with Gasteiger partial charge in [0.25, 0.3) is 5.79 Å². The van der Waals surface area contributed by atoms with Gasteiger partial charge in [0.2, 0.25) is 5.91 Å². The maximum absolute atomic E-state index is 12.5. The van der Waals surface area contributed by atoms with Crippen molar-refractivity contribution in [3.8, 4) is 0 Å². The fourth-order valence-electron chi connectivity index (χ4n) is 3.67. The maximum atomic E-state index is 12.5. The number of carbonyl (C=O) groups excluding carboxylic acids is 1. The van der Waals surface area contributed by atoms with Gasteiger partial charge in [-0.15, -0.1) is 0 Å². The summed E-state index contributed by atoms with van der Waals surface area (Å²) >= 11 is 0. The molecule has 16 nitrogen and oxygen atoms in total. The van der Waals surface area contributed by atoms with Crippen molar-refractivity contribution in [2.75, 3.05) is 13.2 Å². The predicted molar refractivity (Wildman–Crippen MR) is 106 cm³/mol. The number of phosphoric ester groups is 1. The first-order valence-electron chi connectivity index (χ1n) is 10.2. The third-order valence-corrected chi connectivity index (χ3v) is 6.45. The quantitative estimate of drug-likeness (QED) is 0.124. The second-order valence-corrected chi connectivity index (χ2v) is 9.47. The van der Waals surface area contributed by atoms with Gasteiger partial charge in [-0.2, -0.15) is 0 Å². The number of aliphatic hydroxyl groups is 6. The molecule has 2 fully saturated rings. The first-order chi connectivity index (χ1) is 15.6. The molecule has 0 saturated carbocycles. The zero-order chi connectivity index (χ0) is 26.0. The Bertz CT molecular complexity index is 784. The van der Waals surface area contributed by atoms with Crippen LogP contribution in [0.1, 0.15) is 20.3 Å². The molecule has 4 unspecified atom stereocenters. The Morgan fingerprint density at radius 3 is 2.32 bits per heavy atom. The largest absolute Gasteiger partial charge is 0.477 e. The number of hydrogen-bond acceptors (Lipinski definition) is 13. The lowest BCUT2D eigenvalue weighted by Crippen LogP contribution is -2.67. The number of aliphatic hydroxyl groups excluding tert-OH is 6. The van der Waals surface area contributed by atoms with E-state index >= 15 is 0 Å². The number of aliphatic carboxylic acids is 1. The van der Waals surface area contributed by atoms with Gasteiger partial charge in [-0.3, -0.25) is 9.32 Å². The van der Waals surface area contributed by atoms with Crippen molar-refractivity contribution in [1.29, 1.82) is 0 Å². The summed E-state index contributed by atoms with van der Waals surface area (Å²) in [7, 11) is -5.33. The summed E-state index contributed by atoms with van der Waals surface area (Å²) < 4.78 is 32.3. The van der Waals surface area contributed by atoms with E-state index < -0.39 is 100.0 Å². The first kappa shape index (κ1) is 29.0. The second kappa shape index (κ2) is 11.2. The molecule has 0 spiro atoms. The van der Waals surface area contributed by atoms with Crippen molar-refractivity contribution in [3.05, 3.63) is 0 Å². The molecule has 9 N–H and O–H groups in total. The van der Waals surface area contributed by atoms with Gasteiger partial charge in [0.15, 0.2) is 0 Å². The molecule has 11 atom stereocenters. The van der Waals surface area contributed by atoms with E-state index in [0.717, 1.165) is 6.92 Å². The van der Waals surface area contributed by atoms with Crippen LogP contribution in [0.4, 0.5) is 0 Å². The molecule has 0 aromatic carbocycles. The zero-order valence-corrected chi connectivity index (χ0v) is 19.1. The highest BCUT2D eigenvalue weighted by Crippen LogP contribution is 2.51. The molecule has 0 aliphatic carbocycles. The lowest BCUT2D eigenvalue weighted by molar-refractivity contribution is -0.289. The Morgan fingerprint density at radius 2 is 1.85 bits per heavy atom. The first-order valence-corrected chi connectivity index (χ1v) is 11.7. The molecule has 2 aliphatic rings. The normalized spacial score (nSPS) is 39.7. The Labute approximate surface area is 193 Å². The molecule has 198 valence electrons. The molecule has 0 aromatic rings. The molecule has 2 saturated heterocycles. The van der Waals surface area contributed by atoms with Crippen LogP contribution in [0.25, 0.3) is 0 Å². The van der Waals surface area contributed by atoms with Gasteiger partial charge in [0, 0.05) is 13.3 Å². The Balaban J connectivity index is 2.26. The van der Waals surface area contributed by atoms with Crippen molar-refractivity contribution in [1.82, 2.24) is 5.32 Å². The van der Waals surface area contributed by atoms with E-state index in [0.29, 0.717) is 0 Å². The SMILES string of the molecule is CC(=O)N[C@H]1[C@H](O)C[C@](OP(=O)(O)OCC2OC(C)[C@H](O)[C@@H]2O)(C(=O)O)O[C@@H]1C(O)[C@@H](O)CO. The number of carbonyl (C=O) groups is 2. The third-order valence-electron chi connectivity index (χ3n) is 5.45. The summed E-state index contributed by atoms with van der Waals surface area (Å²) in [5.41, 5.74) is 0. The Kier molecular flexibility index (Phi) is 9.54. The van der Waals surface area contributed by atoms with Gasteiger partial charge >= 0.3 is 13.8 Å². The smallest absolute Gasteiger partial charge is 0.475 e. The zero-order valence-electron chi connectivity index (χ0n) is 18.2. The number of carboxylic acid groups (broad SMARTS) is 1. The molecule has 34 heavy (non-hydrogen) atoms. The van der Waals surface area contributed by atoms with Crippen LogP contribution >= 0.6 is 7.82 Å². The minimum atomic E-state index is -5.33. The van der Waals surface area contributed by atoms with Crippen molar-refractivity contribution in [2.24, 2.45) is 0 Å². The summed E-state index contributed by atoms with van der Waals surface area (Å²) in [5, 5.41) is 71.1. The van der Waals surface area contributed by atoms with E-state index in [1.165, 1.54) is 6.92 Å². The maximum Gasteiger partial charge on any atom is 0.475 e. The Morgan fingerprint density at radius 1 is 1.24 bits per heavy atom. The number of nitrogens with one attached hydrogen (secondary N) is 1. The van der Waals surface area contributed by atoms with Gasteiger partial charge in [-0.05, 0) is 6.92 Å². The number of phosphoric acid groups is 1. The topological polar surface area (TPSA) is 262 Å². The monoisotopic (exact) mass is 519 g/mol. The van der Waals surface area contributed by atoms with Crippen LogP contribution in [-0.4, -0.2) is 126 Å². The van der Waals surface area contributed by atoms with E-state index in [1.54, 1.807) is 0 Å². The average Bonchev–Trinajstić information content (AvgIpc) is 2.99. The van der Waals surface area contributed by atoms with Crippen molar-refractivity contribution < 1.29 is 73.3 Å². The molecule has 0 radical (unpaired) electrons. The highest BCUT2D eigenvalue weighted by Gasteiger charge is 2.58. The molecule has 2 heterocycles. The number of carboxylic acids is 1. The highest BCUT2D eigenvalue weighted by atomic mass is 31.2. The minimum Gasteiger partial charge on any atom is -0.477 e. The van der Waals surface area contributed by atoms with Crippen molar-refractivity contribution in [2.45, 2.75) is 80.9 Å². The average molecular weight is 519 g/mol. The van der Waals surface area contributed by atoms with Gasteiger partial charge < -0.3 is 55.4 Å². The standard InChI is InChI=1S/C17H30NO15P/c1-6-12(23)14(25)10(31-6)5-30-34(28,29)33-17(16(26)27)3-8(21)11(18-7(2)20)15(32-17)13(24)9(22)4-19/h6,8-15,19,21-25H,3-5H2,1-2H3,(H,18,20)(H,26,27)(H,28,29)/t6?,8-,9+,10?,11+,12+,13?,14-,15+,17+/m1/s1. The lowest BCUT2D eigenvalue weighted by atomic mass is 9.88. The van der Waals surface area contributed by atoms with Crippen molar-refractivity contribution in [3.63, 3.8) is 0 Å². The minimum absolute atomic E-state index is 0.727. The lowest BCUT2D eigenvalue weighted by Gasteiger charge is -2.46. The fraction of sp³-hybridized carbons (Fsp3) is 0.882. The van der Waals surface area contributed by atoms with Crippen LogP contribution in [-0.2, 0) is 32.7 Å². The van der Waals surface area contributed by atoms with Gasteiger partial charge in [0.1, 0.15) is 36.6 Å². The van der Waals surface area contributed by atoms with Crippen LogP contribution in [0.2, 0.25) is 0 Å². The molecule has 0 bridgehead atoms. The summed E-state index contributed by atoms with van der Waals surface area (Å²) in [6.45, 7) is 0.650. The summed E-state index contributed by atoms with van der Waals surface area (Å²) in [6.07, 6.45) is -13.7. The molecule has 2 aliphatic heterocycles. The van der Waals surface area contributed by atoms with Gasteiger partial charge in [-0.25, -0.2) is 13.9 Å². The van der Waals surface area contributed by atoms with E-state index in [1.807, 2.05) is 0 Å². The van der Waals surface area contributed by atoms with Crippen LogP contribution in [0, 0.1) is 0 Å². The predicted octanol–water partition coefficient (Wildman–Crippen LogP) is -4.22. The number of amides is 1. The molecule has 2 rings (SSSR count). The molecular formula is C17H30NO15P. The second-order valence-electron chi connectivity index (χ2n) is 8.10. The number of rotatable bonds is 10. The molecule has 17 heteroatoms. The van der Waals surface area contributed by atoms with Crippen LogP contribution in [0.5, 0.6) is 0 Å². The summed E-state index contributed by atoms with van der Waals surface area (Å²) in [4.78, 5) is 33.6. The van der Waals surface area contributed by atoms with Gasteiger partial charge in [0.05, 0.1) is 31.5 Å². The van der Waals surface area contributed by atoms with E-state index in [2.05, 4.69) is 5.32 Å². The van der Waals surface area contributed by atoms with Gasteiger partial charge in [-0.1, -0.05) is 0 Å². The summed E-state index contributed by atoms with van der Waals surface area (Å²) in [5.74, 6) is -5.86. The molecular weight excluding hydrogens is 489 g/mol. The van der Waals surface area contributed by atoms with E-state index in [-0.39, 0.29) is 0 Å². The van der Waals surface area contributed by atoms with Crippen molar-refractivity contribution >= 4 is 19.7 Å².